The zero-order chi connectivity index (χ0) is 19.1. The Balaban J connectivity index is 2.04. The second kappa shape index (κ2) is 8.61. The van der Waals surface area contributed by atoms with E-state index in [1.54, 1.807) is 38.2 Å². The van der Waals surface area contributed by atoms with Crippen molar-refractivity contribution in [2.24, 2.45) is 0 Å². The monoisotopic (exact) mass is 358 g/mol. The number of nitro benzene ring substituents is 1. The van der Waals surface area contributed by atoms with E-state index < -0.39 is 23.4 Å². The first-order valence-corrected chi connectivity index (χ1v) is 7.84. The van der Waals surface area contributed by atoms with E-state index in [2.05, 4.69) is 0 Å². The Morgan fingerprint density at radius 2 is 1.85 bits per heavy atom. The Kier molecular flexibility index (Phi) is 6.26. The molecule has 0 aromatic heterocycles. The largest absolute Gasteiger partial charge is 0.487 e. The summed E-state index contributed by atoms with van der Waals surface area (Å²) < 4.78 is 10.1. The Morgan fingerprint density at radius 3 is 2.46 bits per heavy atom. The third-order valence-corrected chi connectivity index (χ3v) is 3.54. The van der Waals surface area contributed by atoms with Gasteiger partial charge in [0.2, 0.25) is 0 Å². The van der Waals surface area contributed by atoms with Gasteiger partial charge in [-0.15, -0.1) is 0 Å². The molecule has 1 amide bonds. The Morgan fingerprint density at radius 1 is 1.15 bits per heavy atom. The molecule has 0 fully saturated rings. The molecule has 8 heteroatoms. The van der Waals surface area contributed by atoms with Gasteiger partial charge in [-0.1, -0.05) is 18.2 Å². The minimum Gasteiger partial charge on any atom is -0.487 e. The van der Waals surface area contributed by atoms with E-state index >= 15 is 0 Å². The number of benzene rings is 2. The van der Waals surface area contributed by atoms with Crippen LogP contribution < -0.4 is 9.64 Å². The fraction of sp³-hybridized carbons (Fsp3) is 0.222. The van der Waals surface area contributed by atoms with Gasteiger partial charge in [0.05, 0.1) is 17.1 Å². The van der Waals surface area contributed by atoms with E-state index in [4.69, 9.17) is 9.47 Å². The van der Waals surface area contributed by atoms with Crippen LogP contribution in [0.3, 0.4) is 0 Å². The van der Waals surface area contributed by atoms with Crippen LogP contribution in [-0.2, 0) is 9.53 Å². The van der Waals surface area contributed by atoms with Crippen molar-refractivity contribution < 1.29 is 24.0 Å². The summed E-state index contributed by atoms with van der Waals surface area (Å²) in [4.78, 5) is 36.0. The maximum Gasteiger partial charge on any atom is 0.338 e. The summed E-state index contributed by atoms with van der Waals surface area (Å²) in [5.41, 5.74) is 0.287. The standard InChI is InChI=1S/C18H18N2O6/c1-3-25-16-10-9-13(11-15(16)20(23)24)18(22)26-12-17(21)19(2)14-7-5-4-6-8-14/h4-11H,3,12H2,1-2H3. The molecule has 0 aliphatic heterocycles. The van der Waals surface area contributed by atoms with Crippen LogP contribution in [0.4, 0.5) is 11.4 Å². The lowest BCUT2D eigenvalue weighted by molar-refractivity contribution is -0.385. The molecule has 0 saturated carbocycles. The van der Waals surface area contributed by atoms with Crippen LogP contribution in [0, 0.1) is 10.1 Å². The van der Waals surface area contributed by atoms with Gasteiger partial charge < -0.3 is 14.4 Å². The molecule has 2 rings (SSSR count). The quantitative estimate of drug-likeness (QED) is 0.429. The van der Waals surface area contributed by atoms with Gasteiger partial charge in [-0.2, -0.15) is 0 Å². The van der Waals surface area contributed by atoms with Gasteiger partial charge in [0.15, 0.2) is 12.4 Å². The average Bonchev–Trinajstić information content (AvgIpc) is 2.66. The van der Waals surface area contributed by atoms with Crippen LogP contribution in [0.2, 0.25) is 0 Å². The minimum absolute atomic E-state index is 0.0321. The zero-order valence-corrected chi connectivity index (χ0v) is 14.4. The van der Waals surface area contributed by atoms with Gasteiger partial charge in [-0.3, -0.25) is 14.9 Å². The highest BCUT2D eigenvalue weighted by Crippen LogP contribution is 2.28. The average molecular weight is 358 g/mol. The molecule has 2 aromatic carbocycles. The number of amides is 1. The normalized spacial score (nSPS) is 10.1. The zero-order valence-electron chi connectivity index (χ0n) is 14.4. The number of nitro groups is 1. The molecule has 0 saturated heterocycles. The molecule has 0 radical (unpaired) electrons. The van der Waals surface area contributed by atoms with Gasteiger partial charge in [-0.05, 0) is 31.2 Å². The first-order chi connectivity index (χ1) is 12.4. The molecule has 0 heterocycles. The highest BCUT2D eigenvalue weighted by atomic mass is 16.6. The summed E-state index contributed by atoms with van der Waals surface area (Å²) in [6, 6.07) is 12.6. The van der Waals surface area contributed by atoms with E-state index in [9.17, 15) is 19.7 Å². The summed E-state index contributed by atoms with van der Waals surface area (Å²) in [6.07, 6.45) is 0. The van der Waals surface area contributed by atoms with Gasteiger partial charge >= 0.3 is 11.7 Å². The Bertz CT molecular complexity index is 807. The van der Waals surface area contributed by atoms with Crippen LogP contribution in [0.5, 0.6) is 5.75 Å². The third kappa shape index (κ3) is 4.56. The van der Waals surface area contributed by atoms with E-state index in [0.717, 1.165) is 6.07 Å². The second-order valence-corrected chi connectivity index (χ2v) is 5.24. The van der Waals surface area contributed by atoms with E-state index in [1.807, 2.05) is 6.07 Å². The van der Waals surface area contributed by atoms with Gasteiger partial charge in [0.25, 0.3) is 5.91 Å². The SMILES string of the molecule is CCOc1ccc(C(=O)OCC(=O)N(C)c2ccccc2)cc1[N+](=O)[O-]. The predicted octanol–water partition coefficient (Wildman–Crippen LogP) is 2.81. The predicted molar refractivity (Wildman–Crippen MR) is 94.4 cm³/mol. The Labute approximate surface area is 150 Å². The number of ether oxygens (including phenoxy) is 2. The molecule has 2 aromatic rings. The first-order valence-electron chi connectivity index (χ1n) is 7.84. The molecule has 0 aliphatic rings. The summed E-state index contributed by atoms with van der Waals surface area (Å²) in [5.74, 6) is -1.19. The van der Waals surface area contributed by atoms with Crippen molar-refractivity contribution in [1.82, 2.24) is 0 Å². The van der Waals surface area contributed by atoms with Crippen molar-refractivity contribution in [3.63, 3.8) is 0 Å². The second-order valence-electron chi connectivity index (χ2n) is 5.24. The smallest absolute Gasteiger partial charge is 0.338 e. The number of hydrogen-bond acceptors (Lipinski definition) is 6. The van der Waals surface area contributed by atoms with Crippen LogP contribution in [-0.4, -0.2) is 37.1 Å². The fourth-order valence-corrected chi connectivity index (χ4v) is 2.17. The molecule has 0 bridgehead atoms. The topological polar surface area (TPSA) is 99.0 Å². The summed E-state index contributed by atoms with van der Waals surface area (Å²) in [7, 11) is 1.56. The molecular weight excluding hydrogens is 340 g/mol. The van der Waals surface area contributed by atoms with Crippen molar-refractivity contribution in [2.45, 2.75) is 6.92 Å². The molecule has 0 unspecified atom stereocenters. The van der Waals surface area contributed by atoms with Gasteiger partial charge in [0, 0.05) is 18.8 Å². The minimum atomic E-state index is -0.828. The maximum absolute atomic E-state index is 12.1. The number of anilines is 1. The highest BCUT2D eigenvalue weighted by Gasteiger charge is 2.20. The number of esters is 1. The van der Waals surface area contributed by atoms with Crippen molar-refractivity contribution in [3.05, 3.63) is 64.2 Å². The molecule has 0 N–H and O–H groups in total. The van der Waals surface area contributed by atoms with Crippen molar-refractivity contribution >= 4 is 23.3 Å². The van der Waals surface area contributed by atoms with E-state index in [0.29, 0.717) is 5.69 Å². The van der Waals surface area contributed by atoms with Crippen LogP contribution in [0.25, 0.3) is 0 Å². The number of likely N-dealkylation sites (N-methyl/N-ethyl adjacent to an activating group) is 1. The van der Waals surface area contributed by atoms with Crippen LogP contribution in [0.15, 0.2) is 48.5 Å². The molecule has 0 atom stereocenters. The first kappa shape index (κ1) is 18.9. The summed E-state index contributed by atoms with van der Waals surface area (Å²) >= 11 is 0. The lowest BCUT2D eigenvalue weighted by Gasteiger charge is -2.17. The lowest BCUT2D eigenvalue weighted by Crippen LogP contribution is -2.31. The number of carbonyl (C=O) groups is 2. The molecule has 0 aliphatic carbocycles. The highest BCUT2D eigenvalue weighted by molar-refractivity contribution is 5.97. The van der Waals surface area contributed by atoms with Crippen molar-refractivity contribution in [3.8, 4) is 5.75 Å². The number of nitrogens with zero attached hydrogens (tertiary/aromatic N) is 2. The molecule has 26 heavy (non-hydrogen) atoms. The number of carbonyl (C=O) groups excluding carboxylic acids is 2. The van der Waals surface area contributed by atoms with Crippen molar-refractivity contribution in [1.29, 1.82) is 0 Å². The number of hydrogen-bond donors (Lipinski definition) is 0. The number of para-hydroxylation sites is 1. The Hall–Kier alpha value is -3.42. The molecular formula is C18H18N2O6. The fourth-order valence-electron chi connectivity index (χ4n) is 2.17. The van der Waals surface area contributed by atoms with E-state index in [1.165, 1.54) is 17.0 Å². The molecule has 136 valence electrons. The number of rotatable bonds is 7. The molecule has 0 spiro atoms. The van der Waals surface area contributed by atoms with E-state index in [-0.39, 0.29) is 23.6 Å². The van der Waals surface area contributed by atoms with Crippen LogP contribution >= 0.6 is 0 Å². The maximum atomic E-state index is 12.1. The van der Waals surface area contributed by atoms with Gasteiger partial charge in [0.1, 0.15) is 0 Å². The third-order valence-electron chi connectivity index (χ3n) is 3.54. The summed E-state index contributed by atoms with van der Waals surface area (Å²) in [6.45, 7) is 1.47. The van der Waals surface area contributed by atoms with Crippen LogP contribution in [0.1, 0.15) is 17.3 Å². The molecule has 8 nitrogen and oxygen atoms in total. The van der Waals surface area contributed by atoms with Gasteiger partial charge in [-0.25, -0.2) is 4.79 Å². The summed E-state index contributed by atoms with van der Waals surface area (Å²) in [5, 5.41) is 11.1. The van der Waals surface area contributed by atoms with Crippen molar-refractivity contribution in [2.75, 3.05) is 25.2 Å². The lowest BCUT2D eigenvalue weighted by atomic mass is 10.2.